The van der Waals surface area contributed by atoms with Gasteiger partial charge in [-0.1, -0.05) is 31.5 Å². The molecule has 0 amide bonds. The summed E-state index contributed by atoms with van der Waals surface area (Å²) >= 11 is 1.72. The van der Waals surface area contributed by atoms with E-state index in [1.54, 1.807) is 11.3 Å². The van der Waals surface area contributed by atoms with E-state index in [0.29, 0.717) is 6.61 Å². The predicted molar refractivity (Wildman–Crippen MR) is 84.2 cm³/mol. The summed E-state index contributed by atoms with van der Waals surface area (Å²) < 4.78 is 5.81. The molecule has 0 aliphatic rings. The number of unbranched alkanes of at least 4 members (excludes halogenated alkanes) is 1. The molecule has 1 aromatic carbocycles. The number of thiazole rings is 1. The Morgan fingerprint density at radius 3 is 2.95 bits per heavy atom. The molecule has 3 nitrogen and oxygen atoms in total. The van der Waals surface area contributed by atoms with Crippen molar-refractivity contribution < 1.29 is 4.74 Å². The maximum atomic E-state index is 5.81. The van der Waals surface area contributed by atoms with Crippen molar-refractivity contribution in [2.45, 2.75) is 39.8 Å². The lowest BCUT2D eigenvalue weighted by molar-refractivity contribution is 0.303. The minimum atomic E-state index is 0.546. The zero-order chi connectivity index (χ0) is 14.2. The zero-order valence-corrected chi connectivity index (χ0v) is 13.0. The van der Waals surface area contributed by atoms with Crippen molar-refractivity contribution in [3.63, 3.8) is 0 Å². The van der Waals surface area contributed by atoms with E-state index >= 15 is 0 Å². The molecule has 1 heterocycles. The van der Waals surface area contributed by atoms with Crippen LogP contribution in [0.15, 0.2) is 30.5 Å². The van der Waals surface area contributed by atoms with Gasteiger partial charge in [-0.15, -0.1) is 11.3 Å². The van der Waals surface area contributed by atoms with Crippen molar-refractivity contribution in [3.05, 3.63) is 45.9 Å². The monoisotopic (exact) mass is 290 g/mol. The summed E-state index contributed by atoms with van der Waals surface area (Å²) in [5, 5.41) is 4.46. The second-order valence-electron chi connectivity index (χ2n) is 4.80. The lowest BCUT2D eigenvalue weighted by atomic mass is 10.2. The Bertz CT molecular complexity index is 525. The van der Waals surface area contributed by atoms with E-state index in [1.165, 1.54) is 17.7 Å². The summed E-state index contributed by atoms with van der Waals surface area (Å²) in [4.78, 5) is 5.68. The number of aromatic nitrogens is 1. The van der Waals surface area contributed by atoms with E-state index in [1.807, 2.05) is 24.4 Å². The van der Waals surface area contributed by atoms with Crippen LogP contribution in [0.25, 0.3) is 0 Å². The van der Waals surface area contributed by atoms with Crippen LogP contribution in [-0.2, 0) is 13.2 Å². The van der Waals surface area contributed by atoms with Gasteiger partial charge in [0.25, 0.3) is 0 Å². The highest BCUT2D eigenvalue weighted by molar-refractivity contribution is 7.11. The molecule has 2 rings (SSSR count). The number of para-hydroxylation sites is 1. The van der Waals surface area contributed by atoms with E-state index < -0.39 is 0 Å². The van der Waals surface area contributed by atoms with Gasteiger partial charge in [-0.05, 0) is 31.5 Å². The molecule has 0 unspecified atom stereocenters. The van der Waals surface area contributed by atoms with Crippen molar-refractivity contribution in [1.29, 1.82) is 0 Å². The van der Waals surface area contributed by atoms with Crippen LogP contribution >= 0.6 is 11.3 Å². The van der Waals surface area contributed by atoms with Gasteiger partial charge in [0, 0.05) is 17.6 Å². The predicted octanol–water partition coefficient (Wildman–Crippen LogP) is 3.92. The Balaban J connectivity index is 1.79. The Morgan fingerprint density at radius 2 is 2.15 bits per heavy atom. The summed E-state index contributed by atoms with van der Waals surface area (Å²) in [5.41, 5.74) is 1.16. The first-order valence-electron chi connectivity index (χ1n) is 7.12. The summed E-state index contributed by atoms with van der Waals surface area (Å²) in [6, 6.07) is 8.06. The largest absolute Gasteiger partial charge is 0.486 e. The summed E-state index contributed by atoms with van der Waals surface area (Å²) in [6.45, 7) is 6.78. The van der Waals surface area contributed by atoms with Gasteiger partial charge >= 0.3 is 0 Å². The van der Waals surface area contributed by atoms with Crippen LogP contribution in [0.2, 0.25) is 0 Å². The van der Waals surface area contributed by atoms with Crippen molar-refractivity contribution in [3.8, 4) is 5.75 Å². The first-order chi connectivity index (χ1) is 9.79. The van der Waals surface area contributed by atoms with E-state index in [-0.39, 0.29) is 0 Å². The molecular weight excluding hydrogens is 268 g/mol. The maximum Gasteiger partial charge on any atom is 0.140 e. The van der Waals surface area contributed by atoms with Gasteiger partial charge in [-0.3, -0.25) is 0 Å². The normalized spacial score (nSPS) is 10.7. The molecule has 0 aliphatic heterocycles. The minimum absolute atomic E-state index is 0.546. The molecule has 4 heteroatoms. The third kappa shape index (κ3) is 4.62. The quantitative estimate of drug-likeness (QED) is 0.748. The van der Waals surface area contributed by atoms with Crippen LogP contribution in [0.3, 0.4) is 0 Å². The number of rotatable bonds is 8. The first kappa shape index (κ1) is 15.0. The summed E-state index contributed by atoms with van der Waals surface area (Å²) in [6.07, 6.45) is 4.40. The highest BCUT2D eigenvalue weighted by Gasteiger charge is 2.04. The molecule has 0 spiro atoms. The van der Waals surface area contributed by atoms with Crippen LogP contribution in [0.5, 0.6) is 5.75 Å². The van der Waals surface area contributed by atoms with Crippen LogP contribution in [0, 0.1) is 6.92 Å². The number of benzene rings is 1. The van der Waals surface area contributed by atoms with Gasteiger partial charge in [0.1, 0.15) is 17.4 Å². The Labute approximate surface area is 125 Å². The van der Waals surface area contributed by atoms with E-state index in [0.717, 1.165) is 29.4 Å². The lowest BCUT2D eigenvalue weighted by Gasteiger charge is -2.06. The van der Waals surface area contributed by atoms with Gasteiger partial charge in [-0.2, -0.15) is 0 Å². The van der Waals surface area contributed by atoms with Gasteiger partial charge in [0.05, 0.1) is 0 Å². The Hall–Kier alpha value is -1.39. The molecule has 0 atom stereocenters. The standard InChI is InChI=1S/C16H22N2OS/c1-3-4-9-17-10-14-11-18-16(20-14)12-19-15-8-6-5-7-13(15)2/h5-8,11,17H,3-4,9-10,12H2,1-2H3. The highest BCUT2D eigenvalue weighted by atomic mass is 32.1. The third-order valence-electron chi connectivity index (χ3n) is 3.05. The molecule has 2 aromatic rings. The SMILES string of the molecule is CCCCNCc1cnc(COc2ccccc2C)s1. The van der Waals surface area contributed by atoms with Crippen molar-refractivity contribution in [2.24, 2.45) is 0 Å². The van der Waals surface area contributed by atoms with Crippen molar-refractivity contribution >= 4 is 11.3 Å². The summed E-state index contributed by atoms with van der Waals surface area (Å²) in [5.74, 6) is 0.935. The molecule has 0 fully saturated rings. The maximum absolute atomic E-state index is 5.81. The van der Waals surface area contributed by atoms with Gasteiger partial charge in [-0.25, -0.2) is 4.98 Å². The molecular formula is C16H22N2OS. The van der Waals surface area contributed by atoms with Crippen molar-refractivity contribution in [1.82, 2.24) is 10.3 Å². The number of nitrogens with zero attached hydrogens (tertiary/aromatic N) is 1. The van der Waals surface area contributed by atoms with Crippen LogP contribution in [-0.4, -0.2) is 11.5 Å². The van der Waals surface area contributed by atoms with Crippen LogP contribution in [0.4, 0.5) is 0 Å². The lowest BCUT2D eigenvalue weighted by Crippen LogP contribution is -2.13. The van der Waals surface area contributed by atoms with E-state index in [4.69, 9.17) is 4.74 Å². The smallest absolute Gasteiger partial charge is 0.140 e. The molecule has 108 valence electrons. The molecule has 0 radical (unpaired) electrons. The molecule has 1 N–H and O–H groups in total. The highest BCUT2D eigenvalue weighted by Crippen LogP contribution is 2.19. The Morgan fingerprint density at radius 1 is 1.30 bits per heavy atom. The molecule has 0 bridgehead atoms. The van der Waals surface area contributed by atoms with Crippen LogP contribution in [0.1, 0.15) is 35.2 Å². The molecule has 0 saturated heterocycles. The van der Waals surface area contributed by atoms with Gasteiger partial charge in [0.2, 0.25) is 0 Å². The third-order valence-corrected chi connectivity index (χ3v) is 4.02. The fraction of sp³-hybridized carbons (Fsp3) is 0.438. The fourth-order valence-corrected chi connectivity index (χ4v) is 2.67. The second-order valence-corrected chi connectivity index (χ2v) is 6.00. The topological polar surface area (TPSA) is 34.2 Å². The fourth-order valence-electron chi connectivity index (χ4n) is 1.87. The molecule has 20 heavy (non-hydrogen) atoms. The molecule has 0 aliphatic carbocycles. The average molecular weight is 290 g/mol. The number of ether oxygens (including phenoxy) is 1. The number of hydrogen-bond acceptors (Lipinski definition) is 4. The molecule has 0 saturated carbocycles. The van der Waals surface area contributed by atoms with Gasteiger partial charge in [0.15, 0.2) is 0 Å². The molecule has 1 aromatic heterocycles. The number of nitrogens with one attached hydrogen (secondary N) is 1. The van der Waals surface area contributed by atoms with Crippen LogP contribution < -0.4 is 10.1 Å². The zero-order valence-electron chi connectivity index (χ0n) is 12.2. The minimum Gasteiger partial charge on any atom is -0.486 e. The number of aryl methyl sites for hydroxylation is 1. The van der Waals surface area contributed by atoms with E-state index in [9.17, 15) is 0 Å². The first-order valence-corrected chi connectivity index (χ1v) is 7.94. The second kappa shape index (κ2) is 8.02. The van der Waals surface area contributed by atoms with Gasteiger partial charge < -0.3 is 10.1 Å². The average Bonchev–Trinajstić information content (AvgIpc) is 2.91. The number of hydrogen-bond donors (Lipinski definition) is 1. The Kier molecular flexibility index (Phi) is 6.02. The van der Waals surface area contributed by atoms with Crippen molar-refractivity contribution in [2.75, 3.05) is 6.54 Å². The van der Waals surface area contributed by atoms with E-state index in [2.05, 4.69) is 30.2 Å². The summed E-state index contributed by atoms with van der Waals surface area (Å²) in [7, 11) is 0.